The molecular weight excluding hydrogens is 320 g/mol. The molecule has 132 valence electrons. The zero-order valence-corrected chi connectivity index (χ0v) is 14.0. The minimum atomic E-state index is -0.842. The number of pyridine rings is 1. The van der Waals surface area contributed by atoms with Crippen LogP contribution in [0.3, 0.4) is 0 Å². The summed E-state index contributed by atoms with van der Waals surface area (Å²) >= 11 is 0. The van der Waals surface area contributed by atoms with Crippen LogP contribution in [0, 0.1) is 5.92 Å². The SMILES string of the molecule is O=C(NC1CCCCCCC1C(=O)O)c1cccc(-n2cccn2)n1. The Morgan fingerprint density at radius 2 is 1.92 bits per heavy atom. The third kappa shape index (κ3) is 4.23. The number of carbonyl (C=O) groups excluding carboxylic acids is 1. The molecule has 0 saturated heterocycles. The number of rotatable bonds is 4. The highest BCUT2D eigenvalue weighted by Crippen LogP contribution is 2.23. The van der Waals surface area contributed by atoms with Crippen molar-refractivity contribution in [3.63, 3.8) is 0 Å². The van der Waals surface area contributed by atoms with Crippen molar-refractivity contribution in [3.05, 3.63) is 42.4 Å². The fourth-order valence-electron chi connectivity index (χ4n) is 3.28. The summed E-state index contributed by atoms with van der Waals surface area (Å²) in [4.78, 5) is 28.5. The first-order valence-electron chi connectivity index (χ1n) is 8.66. The van der Waals surface area contributed by atoms with Crippen LogP contribution in [-0.4, -0.2) is 37.8 Å². The van der Waals surface area contributed by atoms with Crippen molar-refractivity contribution in [2.24, 2.45) is 5.92 Å². The van der Waals surface area contributed by atoms with Gasteiger partial charge in [-0.3, -0.25) is 9.59 Å². The number of hydrogen-bond donors (Lipinski definition) is 2. The summed E-state index contributed by atoms with van der Waals surface area (Å²) in [5.41, 5.74) is 0.263. The number of nitrogens with one attached hydrogen (secondary N) is 1. The highest BCUT2D eigenvalue weighted by atomic mass is 16.4. The number of nitrogens with zero attached hydrogens (tertiary/aromatic N) is 3. The van der Waals surface area contributed by atoms with Crippen LogP contribution in [0.4, 0.5) is 0 Å². The van der Waals surface area contributed by atoms with E-state index in [1.54, 1.807) is 41.3 Å². The topological polar surface area (TPSA) is 97.1 Å². The van der Waals surface area contributed by atoms with Gasteiger partial charge in [0.05, 0.1) is 5.92 Å². The van der Waals surface area contributed by atoms with Gasteiger partial charge in [0.2, 0.25) is 0 Å². The molecule has 2 heterocycles. The highest BCUT2D eigenvalue weighted by Gasteiger charge is 2.30. The van der Waals surface area contributed by atoms with E-state index < -0.39 is 11.9 Å². The fraction of sp³-hybridized carbons (Fsp3) is 0.444. The lowest BCUT2D eigenvalue weighted by Gasteiger charge is -2.27. The predicted molar refractivity (Wildman–Crippen MR) is 91.4 cm³/mol. The lowest BCUT2D eigenvalue weighted by Crippen LogP contribution is -2.44. The zero-order valence-electron chi connectivity index (χ0n) is 14.0. The first-order valence-corrected chi connectivity index (χ1v) is 8.66. The maximum Gasteiger partial charge on any atom is 0.308 e. The summed E-state index contributed by atoms with van der Waals surface area (Å²) in [6, 6.07) is 6.55. The van der Waals surface area contributed by atoms with Crippen molar-refractivity contribution in [2.75, 3.05) is 0 Å². The van der Waals surface area contributed by atoms with Gasteiger partial charge in [-0.05, 0) is 31.0 Å². The summed E-state index contributed by atoms with van der Waals surface area (Å²) in [5.74, 6) is -1.18. The Morgan fingerprint density at radius 1 is 1.12 bits per heavy atom. The molecule has 2 unspecified atom stereocenters. The molecule has 1 amide bonds. The third-order valence-electron chi connectivity index (χ3n) is 4.61. The molecule has 0 aromatic carbocycles. The molecule has 0 aliphatic heterocycles. The standard InChI is InChI=1S/C18H22N4O3/c23-17(15-9-5-10-16(20-15)22-12-6-11-19-22)21-14-8-4-2-1-3-7-13(14)18(24)25/h5-6,9-14H,1-4,7-8H2,(H,21,23)(H,24,25). The molecule has 1 aliphatic carbocycles. The maximum atomic E-state index is 12.6. The van der Waals surface area contributed by atoms with Crippen molar-refractivity contribution in [2.45, 2.75) is 44.6 Å². The number of amides is 1. The second-order valence-electron chi connectivity index (χ2n) is 6.35. The van der Waals surface area contributed by atoms with E-state index in [0.29, 0.717) is 18.7 Å². The largest absolute Gasteiger partial charge is 0.481 e. The van der Waals surface area contributed by atoms with Crippen LogP contribution in [0.15, 0.2) is 36.7 Å². The average Bonchev–Trinajstić information content (AvgIpc) is 3.11. The minimum Gasteiger partial charge on any atom is -0.481 e. The monoisotopic (exact) mass is 342 g/mol. The van der Waals surface area contributed by atoms with Crippen LogP contribution in [0.5, 0.6) is 0 Å². The second-order valence-corrected chi connectivity index (χ2v) is 6.35. The van der Waals surface area contributed by atoms with Crippen LogP contribution in [0.1, 0.15) is 49.0 Å². The summed E-state index contributed by atoms with van der Waals surface area (Å²) in [6.45, 7) is 0. The zero-order chi connectivity index (χ0) is 17.6. The van der Waals surface area contributed by atoms with Gasteiger partial charge >= 0.3 is 5.97 Å². The van der Waals surface area contributed by atoms with Crippen molar-refractivity contribution in [1.82, 2.24) is 20.1 Å². The maximum absolute atomic E-state index is 12.6. The summed E-state index contributed by atoms with van der Waals surface area (Å²) in [5, 5.41) is 16.5. The average molecular weight is 342 g/mol. The van der Waals surface area contributed by atoms with Gasteiger partial charge in [0.15, 0.2) is 5.82 Å². The minimum absolute atomic E-state index is 0.263. The van der Waals surface area contributed by atoms with Gasteiger partial charge in [-0.15, -0.1) is 0 Å². The van der Waals surface area contributed by atoms with E-state index >= 15 is 0 Å². The van der Waals surface area contributed by atoms with Gasteiger partial charge in [-0.1, -0.05) is 31.7 Å². The lowest BCUT2D eigenvalue weighted by atomic mass is 9.86. The molecule has 1 saturated carbocycles. The van der Waals surface area contributed by atoms with Crippen molar-refractivity contribution in [1.29, 1.82) is 0 Å². The molecular formula is C18H22N4O3. The Bertz CT molecular complexity index is 730. The van der Waals surface area contributed by atoms with Gasteiger partial charge in [0.25, 0.3) is 5.91 Å². The van der Waals surface area contributed by atoms with E-state index in [9.17, 15) is 14.7 Å². The van der Waals surface area contributed by atoms with Crippen LogP contribution in [0.2, 0.25) is 0 Å². The number of hydrogen-bond acceptors (Lipinski definition) is 4. The molecule has 2 N–H and O–H groups in total. The van der Waals surface area contributed by atoms with Crippen LogP contribution in [0.25, 0.3) is 5.82 Å². The van der Waals surface area contributed by atoms with E-state index in [2.05, 4.69) is 15.4 Å². The van der Waals surface area contributed by atoms with Crippen LogP contribution < -0.4 is 5.32 Å². The second kappa shape index (κ2) is 7.92. The first kappa shape index (κ1) is 17.1. The van der Waals surface area contributed by atoms with Gasteiger partial charge in [-0.2, -0.15) is 5.10 Å². The number of carboxylic acid groups (broad SMARTS) is 1. The van der Waals surface area contributed by atoms with E-state index in [1.165, 1.54) is 0 Å². The highest BCUT2D eigenvalue weighted by molar-refractivity contribution is 5.93. The predicted octanol–water partition coefficient (Wildman–Crippen LogP) is 2.42. The van der Waals surface area contributed by atoms with Gasteiger partial charge < -0.3 is 10.4 Å². The van der Waals surface area contributed by atoms with Gasteiger partial charge in [0.1, 0.15) is 5.69 Å². The van der Waals surface area contributed by atoms with Crippen LogP contribution in [-0.2, 0) is 4.79 Å². The quantitative estimate of drug-likeness (QED) is 0.889. The van der Waals surface area contributed by atoms with E-state index in [-0.39, 0.29) is 17.6 Å². The molecule has 1 aliphatic rings. The Balaban J connectivity index is 1.75. The van der Waals surface area contributed by atoms with E-state index in [4.69, 9.17) is 0 Å². The van der Waals surface area contributed by atoms with E-state index in [1.807, 2.05) is 0 Å². The Kier molecular flexibility index (Phi) is 5.42. The Morgan fingerprint density at radius 3 is 2.64 bits per heavy atom. The summed E-state index contributed by atoms with van der Waals surface area (Å²) < 4.78 is 1.58. The van der Waals surface area contributed by atoms with Crippen LogP contribution >= 0.6 is 0 Å². The normalized spacial score (nSPS) is 21.1. The lowest BCUT2D eigenvalue weighted by molar-refractivity contribution is -0.143. The van der Waals surface area contributed by atoms with Crippen molar-refractivity contribution in [3.8, 4) is 5.82 Å². The number of carboxylic acids is 1. The van der Waals surface area contributed by atoms with Crippen molar-refractivity contribution >= 4 is 11.9 Å². The molecule has 0 radical (unpaired) electrons. The Labute approximate surface area is 146 Å². The van der Waals surface area contributed by atoms with Crippen molar-refractivity contribution < 1.29 is 14.7 Å². The summed E-state index contributed by atoms with van der Waals surface area (Å²) in [7, 11) is 0. The molecule has 7 heteroatoms. The molecule has 0 spiro atoms. The third-order valence-corrected chi connectivity index (χ3v) is 4.61. The molecule has 2 atom stereocenters. The summed E-state index contributed by atoms with van der Waals surface area (Å²) in [6.07, 6.45) is 8.61. The molecule has 2 aromatic rings. The molecule has 7 nitrogen and oxygen atoms in total. The number of aromatic nitrogens is 3. The molecule has 2 aromatic heterocycles. The number of aliphatic carboxylic acids is 1. The molecule has 3 rings (SSSR count). The molecule has 25 heavy (non-hydrogen) atoms. The fourth-order valence-corrected chi connectivity index (χ4v) is 3.28. The molecule has 0 bridgehead atoms. The number of carbonyl (C=O) groups is 2. The Hall–Kier alpha value is -2.70. The van der Waals surface area contributed by atoms with Gasteiger partial charge in [0, 0.05) is 18.4 Å². The van der Waals surface area contributed by atoms with E-state index in [0.717, 1.165) is 25.7 Å². The first-order chi connectivity index (χ1) is 12.1. The molecule has 1 fully saturated rings. The van der Waals surface area contributed by atoms with Gasteiger partial charge in [-0.25, -0.2) is 9.67 Å². The smallest absolute Gasteiger partial charge is 0.308 e.